The van der Waals surface area contributed by atoms with Crippen LogP contribution in [0.2, 0.25) is 0 Å². The molecule has 5 heteroatoms. The van der Waals surface area contributed by atoms with Gasteiger partial charge in [0.2, 0.25) is 5.91 Å². The van der Waals surface area contributed by atoms with Crippen molar-refractivity contribution >= 4 is 29.0 Å². The molecule has 0 saturated heterocycles. The minimum Gasteiger partial charge on any atom is -0.354 e. The zero-order chi connectivity index (χ0) is 18.7. The molecular weight excluding hydrogens is 372 g/mol. The van der Waals surface area contributed by atoms with E-state index in [1.54, 1.807) is 11.3 Å². The Labute approximate surface area is 169 Å². The Balaban J connectivity index is 1.40. The molecular formula is C22H24N2OS2. The maximum absolute atomic E-state index is 12.2. The predicted octanol–water partition coefficient (Wildman–Crippen LogP) is 4.48. The third-order valence-corrected chi connectivity index (χ3v) is 6.07. The normalized spacial score (nSPS) is 11.9. The first kappa shape index (κ1) is 19.7. The van der Waals surface area contributed by atoms with Crippen molar-refractivity contribution in [3.63, 3.8) is 0 Å². The van der Waals surface area contributed by atoms with Gasteiger partial charge in [-0.05, 0) is 22.6 Å². The molecule has 3 rings (SSSR count). The van der Waals surface area contributed by atoms with Gasteiger partial charge in [0.1, 0.15) is 0 Å². The van der Waals surface area contributed by atoms with Crippen molar-refractivity contribution in [3.05, 3.63) is 94.2 Å². The summed E-state index contributed by atoms with van der Waals surface area (Å²) in [4.78, 5) is 13.4. The molecule has 0 saturated carbocycles. The maximum Gasteiger partial charge on any atom is 0.234 e. The van der Waals surface area contributed by atoms with Gasteiger partial charge < -0.3 is 5.32 Å². The standard InChI is InChI=1S/C22H24N2OS2/c25-21(23-13-15-26-17-18-8-3-1-4-9-18)16-24-22(20-12-7-14-27-20)19-10-5-2-6-11-19/h1-12,14,22,24H,13,15-17H2,(H,23,25)/t22-/m1/s1. The number of thioether (sulfide) groups is 1. The lowest BCUT2D eigenvalue weighted by Crippen LogP contribution is -2.36. The molecule has 1 amide bonds. The van der Waals surface area contributed by atoms with Crippen LogP contribution in [0.25, 0.3) is 0 Å². The summed E-state index contributed by atoms with van der Waals surface area (Å²) in [5.41, 5.74) is 2.49. The van der Waals surface area contributed by atoms with Crippen molar-refractivity contribution in [2.75, 3.05) is 18.8 Å². The van der Waals surface area contributed by atoms with E-state index in [0.29, 0.717) is 13.1 Å². The number of rotatable bonds is 10. The Kier molecular flexibility index (Phi) is 7.96. The molecule has 3 aromatic rings. The molecule has 1 atom stereocenters. The molecule has 3 nitrogen and oxygen atoms in total. The molecule has 0 aliphatic rings. The molecule has 27 heavy (non-hydrogen) atoms. The van der Waals surface area contributed by atoms with Gasteiger partial charge in [-0.15, -0.1) is 11.3 Å². The number of hydrogen-bond donors (Lipinski definition) is 2. The molecule has 0 fully saturated rings. The first-order chi connectivity index (χ1) is 13.3. The molecule has 2 N–H and O–H groups in total. The SMILES string of the molecule is O=C(CN[C@H](c1ccccc1)c1cccs1)NCCSCc1ccccc1. The van der Waals surface area contributed by atoms with Crippen LogP contribution in [-0.2, 0) is 10.5 Å². The Morgan fingerprint density at radius 2 is 1.70 bits per heavy atom. The first-order valence-electron chi connectivity index (χ1n) is 9.03. The third kappa shape index (κ3) is 6.54. The van der Waals surface area contributed by atoms with E-state index in [4.69, 9.17) is 0 Å². The summed E-state index contributed by atoms with van der Waals surface area (Å²) in [5, 5.41) is 8.47. The molecule has 0 bridgehead atoms. The highest BCUT2D eigenvalue weighted by Gasteiger charge is 2.15. The van der Waals surface area contributed by atoms with Crippen molar-refractivity contribution in [1.29, 1.82) is 0 Å². The van der Waals surface area contributed by atoms with Gasteiger partial charge in [-0.2, -0.15) is 11.8 Å². The number of carbonyl (C=O) groups excluding carboxylic acids is 1. The second kappa shape index (κ2) is 10.9. The number of carbonyl (C=O) groups is 1. The van der Waals surface area contributed by atoms with Gasteiger partial charge in [0.25, 0.3) is 0 Å². The van der Waals surface area contributed by atoms with Crippen molar-refractivity contribution in [1.82, 2.24) is 10.6 Å². The summed E-state index contributed by atoms with van der Waals surface area (Å²) in [7, 11) is 0. The zero-order valence-electron chi connectivity index (χ0n) is 15.1. The molecule has 0 aliphatic carbocycles. The number of nitrogens with one attached hydrogen (secondary N) is 2. The Hall–Kier alpha value is -2.08. The van der Waals surface area contributed by atoms with Crippen LogP contribution in [0.15, 0.2) is 78.2 Å². The Bertz CT molecular complexity index is 792. The topological polar surface area (TPSA) is 41.1 Å². The summed E-state index contributed by atoms with van der Waals surface area (Å²) in [6.45, 7) is 0.994. The summed E-state index contributed by atoms with van der Waals surface area (Å²) in [6.07, 6.45) is 0. The molecule has 0 radical (unpaired) electrons. The number of hydrogen-bond acceptors (Lipinski definition) is 4. The van der Waals surface area contributed by atoms with Crippen LogP contribution < -0.4 is 10.6 Å². The van der Waals surface area contributed by atoms with Crippen molar-refractivity contribution in [3.8, 4) is 0 Å². The second-order valence-electron chi connectivity index (χ2n) is 6.13. The predicted molar refractivity (Wildman–Crippen MR) is 116 cm³/mol. The lowest BCUT2D eigenvalue weighted by atomic mass is 10.1. The average molecular weight is 397 g/mol. The van der Waals surface area contributed by atoms with E-state index in [1.807, 2.05) is 42.1 Å². The van der Waals surface area contributed by atoms with Gasteiger partial charge >= 0.3 is 0 Å². The van der Waals surface area contributed by atoms with Crippen molar-refractivity contribution < 1.29 is 4.79 Å². The minimum atomic E-state index is 0.0350. The van der Waals surface area contributed by atoms with E-state index in [2.05, 4.69) is 58.5 Å². The van der Waals surface area contributed by atoms with Crippen LogP contribution in [0.5, 0.6) is 0 Å². The number of benzene rings is 2. The Morgan fingerprint density at radius 3 is 2.41 bits per heavy atom. The first-order valence-corrected chi connectivity index (χ1v) is 11.1. The van der Waals surface area contributed by atoms with Gasteiger partial charge in [-0.1, -0.05) is 66.7 Å². The maximum atomic E-state index is 12.2. The van der Waals surface area contributed by atoms with Crippen molar-refractivity contribution in [2.24, 2.45) is 0 Å². The quantitative estimate of drug-likeness (QED) is 0.497. The van der Waals surface area contributed by atoms with E-state index in [0.717, 1.165) is 11.5 Å². The van der Waals surface area contributed by atoms with E-state index in [9.17, 15) is 4.79 Å². The lowest BCUT2D eigenvalue weighted by Gasteiger charge is -2.18. The van der Waals surface area contributed by atoms with Gasteiger partial charge in [-0.25, -0.2) is 0 Å². The number of amides is 1. The highest BCUT2D eigenvalue weighted by Crippen LogP contribution is 2.25. The van der Waals surface area contributed by atoms with E-state index >= 15 is 0 Å². The van der Waals surface area contributed by atoms with Crippen LogP contribution in [0, 0.1) is 0 Å². The molecule has 0 unspecified atom stereocenters. The van der Waals surface area contributed by atoms with Crippen LogP contribution in [0.3, 0.4) is 0 Å². The summed E-state index contributed by atoms with van der Waals surface area (Å²) < 4.78 is 0. The number of thiophene rings is 1. The highest BCUT2D eigenvalue weighted by molar-refractivity contribution is 7.98. The fourth-order valence-corrected chi connectivity index (χ4v) is 4.41. The van der Waals surface area contributed by atoms with Crippen molar-refractivity contribution in [2.45, 2.75) is 11.8 Å². The average Bonchev–Trinajstić information content (AvgIpc) is 3.24. The van der Waals surface area contributed by atoms with E-state index in [-0.39, 0.29) is 11.9 Å². The smallest absolute Gasteiger partial charge is 0.234 e. The van der Waals surface area contributed by atoms with Gasteiger partial charge in [0, 0.05) is 22.9 Å². The highest BCUT2D eigenvalue weighted by atomic mass is 32.2. The van der Waals surface area contributed by atoms with Crippen LogP contribution in [0.1, 0.15) is 22.0 Å². The van der Waals surface area contributed by atoms with E-state index < -0.39 is 0 Å². The van der Waals surface area contributed by atoms with E-state index in [1.165, 1.54) is 16.0 Å². The largest absolute Gasteiger partial charge is 0.354 e. The fraction of sp³-hybridized carbons (Fsp3) is 0.227. The molecule has 1 aromatic heterocycles. The minimum absolute atomic E-state index is 0.0350. The fourth-order valence-electron chi connectivity index (χ4n) is 2.77. The summed E-state index contributed by atoms with van der Waals surface area (Å²) in [5.74, 6) is 1.92. The summed E-state index contributed by atoms with van der Waals surface area (Å²) >= 11 is 3.54. The van der Waals surface area contributed by atoms with Crippen LogP contribution >= 0.6 is 23.1 Å². The Morgan fingerprint density at radius 1 is 0.963 bits per heavy atom. The molecule has 140 valence electrons. The van der Waals surface area contributed by atoms with Crippen LogP contribution in [-0.4, -0.2) is 24.7 Å². The van der Waals surface area contributed by atoms with Gasteiger partial charge in [0.05, 0.1) is 12.6 Å². The third-order valence-electron chi connectivity index (χ3n) is 4.11. The zero-order valence-corrected chi connectivity index (χ0v) is 16.8. The second-order valence-corrected chi connectivity index (χ2v) is 8.21. The monoisotopic (exact) mass is 396 g/mol. The van der Waals surface area contributed by atoms with Gasteiger partial charge in [0.15, 0.2) is 0 Å². The van der Waals surface area contributed by atoms with Crippen LogP contribution in [0.4, 0.5) is 0 Å². The molecule has 2 aromatic carbocycles. The lowest BCUT2D eigenvalue weighted by molar-refractivity contribution is -0.120. The molecule has 0 spiro atoms. The molecule has 0 aliphatic heterocycles. The van der Waals surface area contributed by atoms with Gasteiger partial charge in [-0.3, -0.25) is 10.1 Å². The molecule has 1 heterocycles. The summed E-state index contributed by atoms with van der Waals surface area (Å²) in [6, 6.07) is 24.8.